The second-order valence-corrected chi connectivity index (χ2v) is 4.36. The highest BCUT2D eigenvalue weighted by atomic mass is 32.2. The highest BCUT2D eigenvalue weighted by molar-refractivity contribution is 8.15. The van der Waals surface area contributed by atoms with Gasteiger partial charge in [-0.05, 0) is 13.8 Å². The maximum atomic E-state index is 8.40. The Hall–Kier alpha value is -0.950. The summed E-state index contributed by atoms with van der Waals surface area (Å²) in [5, 5.41) is 8.94. The molecule has 1 heterocycles. The lowest BCUT2D eigenvalue weighted by atomic mass is 10.1. The molecule has 0 aromatic carbocycles. The van der Waals surface area contributed by atoms with Crippen LogP contribution in [0.2, 0.25) is 0 Å². The number of rotatable bonds is 0. The van der Waals surface area contributed by atoms with Crippen LogP contribution in [0.3, 0.4) is 0 Å². The third-order valence-electron chi connectivity index (χ3n) is 1.41. The Kier molecular flexibility index (Phi) is 1.92. The second-order valence-electron chi connectivity index (χ2n) is 2.72. The van der Waals surface area contributed by atoms with E-state index in [1.807, 2.05) is 19.9 Å². The minimum absolute atomic E-state index is 0.139. The molecule has 3 nitrogen and oxygen atoms in total. The first-order chi connectivity index (χ1) is 5.06. The van der Waals surface area contributed by atoms with Gasteiger partial charge in [-0.3, -0.25) is 0 Å². The molecule has 0 bridgehead atoms. The van der Waals surface area contributed by atoms with E-state index in [1.54, 1.807) is 0 Å². The van der Waals surface area contributed by atoms with Crippen molar-refractivity contribution in [3.05, 3.63) is 11.8 Å². The number of hydrogen-bond acceptors (Lipinski definition) is 4. The number of allylic oxidation sites excluding steroid dienone is 1. The lowest BCUT2D eigenvalue weighted by molar-refractivity contribution is 0.836. The molecule has 11 heavy (non-hydrogen) atoms. The molecule has 0 amide bonds. The van der Waals surface area contributed by atoms with Crippen LogP contribution < -0.4 is 5.73 Å². The van der Waals surface area contributed by atoms with Crippen molar-refractivity contribution in [1.29, 1.82) is 5.26 Å². The monoisotopic (exact) mass is 167 g/mol. The topological polar surface area (TPSA) is 62.2 Å². The van der Waals surface area contributed by atoms with Gasteiger partial charge in [-0.25, -0.2) is 4.99 Å². The summed E-state index contributed by atoms with van der Waals surface area (Å²) in [5.74, 6) is 0. The molecule has 0 fully saturated rings. The van der Waals surface area contributed by atoms with Crippen molar-refractivity contribution < 1.29 is 0 Å². The van der Waals surface area contributed by atoms with Gasteiger partial charge in [-0.2, -0.15) is 5.26 Å². The summed E-state index contributed by atoms with van der Waals surface area (Å²) in [6.45, 7) is 3.98. The summed E-state index contributed by atoms with van der Waals surface area (Å²) in [5.41, 5.74) is 6.25. The van der Waals surface area contributed by atoms with Gasteiger partial charge in [-0.15, -0.1) is 0 Å². The molecule has 0 aromatic rings. The molecule has 0 atom stereocenters. The Balaban J connectivity index is 2.98. The number of aliphatic imine (C=N–C) groups is 1. The highest BCUT2D eigenvalue weighted by Crippen LogP contribution is 2.38. The number of nitrogens with zero attached hydrogens (tertiary/aromatic N) is 2. The fourth-order valence-corrected chi connectivity index (χ4v) is 1.73. The summed E-state index contributed by atoms with van der Waals surface area (Å²) >= 11 is 1.48. The molecule has 1 aliphatic heterocycles. The number of nitriles is 1. The molecule has 0 saturated carbocycles. The van der Waals surface area contributed by atoms with Gasteiger partial charge >= 0.3 is 0 Å². The second kappa shape index (κ2) is 2.59. The van der Waals surface area contributed by atoms with E-state index in [0.29, 0.717) is 5.17 Å². The van der Waals surface area contributed by atoms with Gasteiger partial charge in [0.05, 0.1) is 16.5 Å². The van der Waals surface area contributed by atoms with Crippen molar-refractivity contribution in [2.24, 2.45) is 10.7 Å². The van der Waals surface area contributed by atoms with Crippen LogP contribution in [-0.2, 0) is 0 Å². The van der Waals surface area contributed by atoms with Gasteiger partial charge in [0.15, 0.2) is 5.17 Å². The van der Waals surface area contributed by atoms with Crippen molar-refractivity contribution >= 4 is 16.9 Å². The van der Waals surface area contributed by atoms with Crippen molar-refractivity contribution in [2.75, 3.05) is 0 Å². The van der Waals surface area contributed by atoms with E-state index in [2.05, 4.69) is 4.99 Å². The minimum Gasteiger partial charge on any atom is -0.378 e. The van der Waals surface area contributed by atoms with Gasteiger partial charge in [-0.1, -0.05) is 11.8 Å². The molecule has 0 saturated heterocycles. The number of amidine groups is 1. The van der Waals surface area contributed by atoms with E-state index in [9.17, 15) is 0 Å². The van der Waals surface area contributed by atoms with Crippen LogP contribution in [0.4, 0.5) is 0 Å². The Morgan fingerprint density at radius 1 is 1.73 bits per heavy atom. The van der Waals surface area contributed by atoms with E-state index < -0.39 is 0 Å². The first-order valence-corrected chi connectivity index (χ1v) is 4.01. The lowest BCUT2D eigenvalue weighted by Crippen LogP contribution is -2.14. The fraction of sp³-hybridized carbons (Fsp3) is 0.429. The normalized spacial score (nSPS) is 24.8. The number of thioether (sulfide) groups is 1. The van der Waals surface area contributed by atoms with Crippen LogP contribution >= 0.6 is 11.8 Å². The average Bonchev–Trinajstić information content (AvgIpc) is 2.07. The fourth-order valence-electron chi connectivity index (χ4n) is 0.857. The Morgan fingerprint density at radius 3 is 2.73 bits per heavy atom. The van der Waals surface area contributed by atoms with Crippen molar-refractivity contribution in [2.45, 2.75) is 18.6 Å². The van der Waals surface area contributed by atoms with E-state index >= 15 is 0 Å². The largest absolute Gasteiger partial charge is 0.378 e. The molecule has 0 unspecified atom stereocenters. The van der Waals surface area contributed by atoms with Crippen LogP contribution in [0, 0.1) is 11.3 Å². The first kappa shape index (κ1) is 8.15. The van der Waals surface area contributed by atoms with Crippen molar-refractivity contribution in [1.82, 2.24) is 0 Å². The van der Waals surface area contributed by atoms with Crippen LogP contribution in [0.25, 0.3) is 0 Å². The van der Waals surface area contributed by atoms with E-state index in [1.165, 1.54) is 17.8 Å². The smallest absolute Gasteiger partial charge is 0.159 e. The third-order valence-corrected chi connectivity index (χ3v) is 2.43. The molecule has 2 N–H and O–H groups in total. The molecule has 0 radical (unpaired) electrons. The van der Waals surface area contributed by atoms with Gasteiger partial charge in [0.2, 0.25) is 0 Å². The van der Waals surface area contributed by atoms with E-state index in [0.717, 1.165) is 5.70 Å². The van der Waals surface area contributed by atoms with Crippen molar-refractivity contribution in [3.63, 3.8) is 0 Å². The molecule has 0 aliphatic carbocycles. The zero-order valence-electron chi connectivity index (χ0n) is 6.46. The van der Waals surface area contributed by atoms with Gasteiger partial charge < -0.3 is 5.73 Å². The maximum Gasteiger partial charge on any atom is 0.159 e. The predicted molar refractivity (Wildman–Crippen MR) is 47.0 cm³/mol. The Labute approximate surface area is 70.0 Å². The lowest BCUT2D eigenvalue weighted by Gasteiger charge is -2.14. The quantitative estimate of drug-likeness (QED) is 0.552. The van der Waals surface area contributed by atoms with Crippen molar-refractivity contribution in [3.8, 4) is 6.07 Å². The highest BCUT2D eigenvalue weighted by Gasteiger charge is 2.31. The average molecular weight is 167 g/mol. The van der Waals surface area contributed by atoms with E-state index in [4.69, 9.17) is 11.0 Å². The summed E-state index contributed by atoms with van der Waals surface area (Å²) in [6.07, 6.45) is 1.44. The Morgan fingerprint density at radius 2 is 2.36 bits per heavy atom. The van der Waals surface area contributed by atoms with Crippen LogP contribution in [0.5, 0.6) is 0 Å². The minimum atomic E-state index is -0.139. The number of hydrogen-bond donors (Lipinski definition) is 1. The third kappa shape index (κ3) is 1.55. The predicted octanol–water partition coefficient (Wildman–Crippen LogP) is 1.23. The Bertz CT molecular complexity index is 270. The summed E-state index contributed by atoms with van der Waals surface area (Å²) in [4.78, 5) is 4.03. The molecule has 4 heteroatoms. The van der Waals surface area contributed by atoms with Gasteiger partial charge in [0, 0.05) is 6.08 Å². The summed E-state index contributed by atoms with van der Waals surface area (Å²) in [7, 11) is 0. The standard InChI is InChI=1S/C7H9N3S/c1-7(2)5(3-4-8)10-6(9)11-7/h3H,1-2H3,(H2,9,10). The molecular weight excluding hydrogens is 158 g/mol. The zero-order valence-corrected chi connectivity index (χ0v) is 7.27. The molecule has 1 aliphatic rings. The van der Waals surface area contributed by atoms with Crippen LogP contribution in [-0.4, -0.2) is 9.91 Å². The van der Waals surface area contributed by atoms with E-state index in [-0.39, 0.29) is 4.75 Å². The maximum absolute atomic E-state index is 8.40. The van der Waals surface area contributed by atoms with Gasteiger partial charge in [0.25, 0.3) is 0 Å². The SMILES string of the molecule is CC1(C)SC(N)=NC1=CC#N. The van der Waals surface area contributed by atoms with Gasteiger partial charge in [0.1, 0.15) is 0 Å². The molecular formula is C7H9N3S. The molecule has 58 valence electrons. The molecule has 0 spiro atoms. The zero-order chi connectivity index (χ0) is 8.48. The van der Waals surface area contributed by atoms with Crippen LogP contribution in [0.15, 0.2) is 16.8 Å². The summed E-state index contributed by atoms with van der Waals surface area (Å²) in [6, 6.07) is 1.95. The molecule has 0 aromatic heterocycles. The number of nitrogens with two attached hydrogens (primary N) is 1. The summed E-state index contributed by atoms with van der Waals surface area (Å²) < 4.78 is -0.139. The first-order valence-electron chi connectivity index (χ1n) is 3.20. The molecule has 1 rings (SSSR count). The van der Waals surface area contributed by atoms with Crippen LogP contribution in [0.1, 0.15) is 13.8 Å².